The first kappa shape index (κ1) is 39.1. The van der Waals surface area contributed by atoms with Crippen LogP contribution in [-0.4, -0.2) is 60.5 Å². The van der Waals surface area contributed by atoms with Gasteiger partial charge in [0.15, 0.2) is 0 Å². The highest BCUT2D eigenvalue weighted by Gasteiger charge is 2.33. The minimum atomic E-state index is -0.750. The Kier molecular flexibility index (Phi) is 14.1. The number of benzene rings is 2. The number of aryl methyl sites for hydroxylation is 1. The zero-order valence-electron chi connectivity index (χ0n) is 29.4. The van der Waals surface area contributed by atoms with Crippen LogP contribution < -0.4 is 15.8 Å². The second-order valence-corrected chi connectivity index (χ2v) is 13.7. The SMILES string of the molecule is C=Cc1cc(C)c2c(c1)C(C)(C)CO2.Cc1c(N)cccc1C1=C(F)/C2=C/NC(=NC3CCN(C)CC3)CCC(C)C2C=C1.OCO.S.[HH].[HH]. The highest BCUT2D eigenvalue weighted by Crippen LogP contribution is 2.42. The van der Waals surface area contributed by atoms with Gasteiger partial charge in [-0.3, -0.25) is 4.99 Å². The molecule has 2 atom stereocenters. The van der Waals surface area contributed by atoms with Crippen molar-refractivity contribution in [1.29, 1.82) is 0 Å². The van der Waals surface area contributed by atoms with Crippen molar-refractivity contribution in [1.82, 2.24) is 10.2 Å². The predicted octanol–water partition coefficient (Wildman–Crippen LogP) is 7.68. The quantitative estimate of drug-likeness (QED) is 0.196. The summed E-state index contributed by atoms with van der Waals surface area (Å²) in [7, 11) is 2.16. The number of allylic oxidation sites excluding steroid dienone is 5. The molecule has 0 amide bonds. The average molecular weight is 683 g/mol. The number of aliphatic hydroxyl groups is 2. The Hall–Kier alpha value is -3.37. The lowest BCUT2D eigenvalue weighted by Gasteiger charge is -2.31. The van der Waals surface area contributed by atoms with Gasteiger partial charge in [0.05, 0.1) is 12.6 Å². The summed E-state index contributed by atoms with van der Waals surface area (Å²) in [6, 6.07) is 10.4. The Morgan fingerprint density at radius 3 is 2.54 bits per heavy atom. The van der Waals surface area contributed by atoms with E-state index in [0.29, 0.717) is 23.2 Å². The van der Waals surface area contributed by atoms with Crippen LogP contribution in [0, 0.1) is 25.7 Å². The molecule has 7 nitrogen and oxygen atoms in total. The van der Waals surface area contributed by atoms with Crippen molar-refractivity contribution in [2.45, 2.75) is 71.8 Å². The van der Waals surface area contributed by atoms with Crippen LogP contribution in [-0.2, 0) is 5.41 Å². The number of anilines is 1. The minimum absolute atomic E-state index is 0. The third kappa shape index (κ3) is 9.20. The van der Waals surface area contributed by atoms with E-state index in [-0.39, 0.29) is 33.5 Å². The van der Waals surface area contributed by atoms with Crippen LogP contribution in [0.1, 0.15) is 77.1 Å². The highest BCUT2D eigenvalue weighted by atomic mass is 32.1. The summed E-state index contributed by atoms with van der Waals surface area (Å²) in [5.41, 5.74) is 13.7. The van der Waals surface area contributed by atoms with Gasteiger partial charge in [-0.25, -0.2) is 4.39 Å². The number of nitrogens with one attached hydrogen (secondary N) is 1. The van der Waals surface area contributed by atoms with E-state index < -0.39 is 6.79 Å². The van der Waals surface area contributed by atoms with Gasteiger partial charge in [0, 0.05) is 49.2 Å². The summed E-state index contributed by atoms with van der Waals surface area (Å²) in [6.45, 7) is 16.7. The summed E-state index contributed by atoms with van der Waals surface area (Å²) in [6.07, 6.45) is 11.9. The molecule has 3 aliphatic heterocycles. The van der Waals surface area contributed by atoms with Crippen LogP contribution in [0.2, 0.25) is 0 Å². The van der Waals surface area contributed by atoms with Gasteiger partial charge in [0.25, 0.3) is 0 Å². The zero-order valence-corrected chi connectivity index (χ0v) is 30.4. The van der Waals surface area contributed by atoms with Crippen molar-refractivity contribution in [3.8, 4) is 5.75 Å². The van der Waals surface area contributed by atoms with Crippen LogP contribution in [0.4, 0.5) is 10.1 Å². The Morgan fingerprint density at radius 1 is 1.19 bits per heavy atom. The van der Waals surface area contributed by atoms with Crippen LogP contribution in [0.25, 0.3) is 11.6 Å². The Labute approximate surface area is 296 Å². The molecule has 6 rings (SSSR count). The average Bonchev–Trinajstić information content (AvgIpc) is 3.35. The Balaban J connectivity index is 0.000000527. The van der Waals surface area contributed by atoms with E-state index in [4.69, 9.17) is 25.7 Å². The first-order valence-electron chi connectivity index (χ1n) is 16.7. The Bertz CT molecular complexity index is 1570. The minimum Gasteiger partial charge on any atom is -0.492 e. The molecule has 48 heavy (non-hydrogen) atoms. The van der Waals surface area contributed by atoms with E-state index >= 15 is 4.39 Å². The molecule has 0 radical (unpaired) electrons. The van der Waals surface area contributed by atoms with Gasteiger partial charge in [-0.1, -0.05) is 57.7 Å². The molecule has 1 aliphatic carbocycles. The number of hydrogen-bond acceptors (Lipinski definition) is 6. The maximum Gasteiger partial charge on any atom is 0.140 e. The number of rotatable bonds is 3. The number of nitrogen functional groups attached to an aromatic ring is 1. The standard InChI is InChI=1S/C25H33FN4.C13H16O.CH4O2.H2S.2H2/c1-16-7-10-24(29-18-11-13-30(3)14-12-18)28-15-22-19(16)8-9-21(25(22)26)20-5-4-6-23(27)17(20)2;1-5-10-6-9(2)12-11(7-10)13(3,4)8-14-12;2-1-3;;;/h4-6,8-9,15-16,18-19H,7,10-14,27H2,1-3H3,(H,28,29);5-7H,1,8H2,2-4H3;2-3H,1H2;1H2;2*1H/b22-15+;;;;;. The molecule has 266 valence electrons. The van der Waals surface area contributed by atoms with Crippen molar-refractivity contribution >= 4 is 36.7 Å². The molecule has 0 spiro atoms. The highest BCUT2D eigenvalue weighted by molar-refractivity contribution is 7.59. The number of nitrogens with zero attached hydrogens (tertiary/aromatic N) is 2. The van der Waals surface area contributed by atoms with Gasteiger partial charge in [-0.15, -0.1) is 0 Å². The zero-order chi connectivity index (χ0) is 34.3. The summed E-state index contributed by atoms with van der Waals surface area (Å²) in [5.74, 6) is 2.34. The molecule has 0 bridgehead atoms. The topological polar surface area (TPSA) is 103 Å². The molecule has 9 heteroatoms. The second-order valence-electron chi connectivity index (χ2n) is 13.7. The second kappa shape index (κ2) is 17.3. The smallest absolute Gasteiger partial charge is 0.140 e. The summed E-state index contributed by atoms with van der Waals surface area (Å²) in [5, 5.41) is 17.6. The lowest BCUT2D eigenvalue weighted by Crippen LogP contribution is -2.34. The molecular formula is C39H59FN4O3S. The fourth-order valence-electron chi connectivity index (χ4n) is 6.66. The molecule has 2 aromatic carbocycles. The number of piperidine rings is 1. The van der Waals surface area contributed by atoms with Crippen molar-refractivity contribution in [3.63, 3.8) is 0 Å². The number of aliphatic hydroxyl groups excluding tert-OH is 1. The van der Waals surface area contributed by atoms with Gasteiger partial charge in [-0.05, 0) is 99.6 Å². The van der Waals surface area contributed by atoms with E-state index in [1.165, 1.54) is 16.7 Å². The summed E-state index contributed by atoms with van der Waals surface area (Å²) in [4.78, 5) is 7.34. The monoisotopic (exact) mass is 682 g/mol. The van der Waals surface area contributed by atoms with E-state index in [1.807, 2.05) is 43.5 Å². The van der Waals surface area contributed by atoms with Crippen molar-refractivity contribution < 1.29 is 22.2 Å². The lowest BCUT2D eigenvalue weighted by atomic mass is 9.78. The molecule has 0 aromatic heterocycles. The van der Waals surface area contributed by atoms with E-state index in [2.05, 4.69) is 69.7 Å². The molecular weight excluding hydrogens is 624 g/mol. The maximum absolute atomic E-state index is 15.7. The summed E-state index contributed by atoms with van der Waals surface area (Å²) < 4.78 is 21.4. The lowest BCUT2D eigenvalue weighted by molar-refractivity contribution is 0.0773. The van der Waals surface area contributed by atoms with Crippen LogP contribution in [0.5, 0.6) is 5.75 Å². The number of likely N-dealkylation sites (tertiary alicyclic amines) is 1. The third-order valence-electron chi connectivity index (χ3n) is 9.69. The van der Waals surface area contributed by atoms with E-state index in [0.717, 1.165) is 73.7 Å². The predicted molar refractivity (Wildman–Crippen MR) is 208 cm³/mol. The first-order chi connectivity index (χ1) is 22.4. The van der Waals surface area contributed by atoms with E-state index in [9.17, 15) is 0 Å². The number of ether oxygens (including phenoxy) is 1. The normalized spacial score (nSPS) is 23.6. The maximum atomic E-state index is 15.7. The number of halogens is 1. The molecule has 2 aromatic rings. The largest absolute Gasteiger partial charge is 0.492 e. The van der Waals surface area contributed by atoms with Gasteiger partial charge >= 0.3 is 0 Å². The van der Waals surface area contributed by atoms with Crippen LogP contribution >= 0.6 is 13.5 Å². The third-order valence-corrected chi connectivity index (χ3v) is 9.69. The van der Waals surface area contributed by atoms with Crippen molar-refractivity contribution in [3.05, 3.63) is 94.5 Å². The fourth-order valence-corrected chi connectivity index (χ4v) is 6.66. The number of amidine groups is 1. The van der Waals surface area contributed by atoms with E-state index in [1.54, 1.807) is 0 Å². The van der Waals surface area contributed by atoms with Gasteiger partial charge < -0.3 is 30.9 Å². The van der Waals surface area contributed by atoms with Gasteiger partial charge in [0.2, 0.25) is 0 Å². The number of nitrogens with two attached hydrogens (primary N) is 1. The fraction of sp³-hybridized carbons (Fsp3) is 0.462. The van der Waals surface area contributed by atoms with Crippen LogP contribution in [0.3, 0.4) is 0 Å². The molecule has 1 saturated heterocycles. The van der Waals surface area contributed by atoms with Gasteiger partial charge in [-0.2, -0.15) is 13.5 Å². The Morgan fingerprint density at radius 2 is 1.88 bits per heavy atom. The first-order valence-corrected chi connectivity index (χ1v) is 16.7. The molecule has 1 fully saturated rings. The molecule has 3 heterocycles. The molecule has 0 saturated carbocycles. The molecule has 2 unspecified atom stereocenters. The van der Waals surface area contributed by atoms with Crippen molar-refractivity contribution in [2.75, 3.05) is 39.3 Å². The molecule has 4 aliphatic rings. The number of fused-ring (bicyclic) bond motifs is 2. The number of hydrogen-bond donors (Lipinski definition) is 4. The molecule has 5 N–H and O–H groups in total. The van der Waals surface area contributed by atoms with Crippen molar-refractivity contribution in [2.24, 2.45) is 16.8 Å². The van der Waals surface area contributed by atoms with Crippen LogP contribution in [0.15, 0.2) is 71.7 Å². The van der Waals surface area contributed by atoms with Gasteiger partial charge in [0.1, 0.15) is 24.2 Å². The number of aliphatic imine (C=N–C) groups is 1. The summed E-state index contributed by atoms with van der Waals surface area (Å²) >= 11 is 0.